The molecule has 126 valence electrons. The van der Waals surface area contributed by atoms with Gasteiger partial charge in [0.05, 0.1) is 6.61 Å². The molecule has 0 amide bonds. The SMILES string of the molecule is CCCN=C(NCC)NCCc1cccc(OCCC)c1.I. The lowest BCUT2D eigenvalue weighted by Gasteiger charge is -2.11. The number of benzene rings is 1. The van der Waals surface area contributed by atoms with Crippen LogP contribution in [-0.2, 0) is 6.42 Å². The molecule has 5 heteroatoms. The highest BCUT2D eigenvalue weighted by Crippen LogP contribution is 2.13. The van der Waals surface area contributed by atoms with Gasteiger partial charge < -0.3 is 15.4 Å². The zero-order valence-corrected chi connectivity index (χ0v) is 16.4. The van der Waals surface area contributed by atoms with E-state index in [0.29, 0.717) is 0 Å². The summed E-state index contributed by atoms with van der Waals surface area (Å²) in [6.45, 7) is 9.71. The van der Waals surface area contributed by atoms with Crippen LogP contribution in [0.25, 0.3) is 0 Å². The van der Waals surface area contributed by atoms with E-state index >= 15 is 0 Å². The van der Waals surface area contributed by atoms with E-state index in [2.05, 4.69) is 54.6 Å². The van der Waals surface area contributed by atoms with Crippen LogP contribution >= 0.6 is 24.0 Å². The summed E-state index contributed by atoms with van der Waals surface area (Å²) in [7, 11) is 0. The van der Waals surface area contributed by atoms with Gasteiger partial charge in [-0.05, 0) is 43.9 Å². The third-order valence-electron chi connectivity index (χ3n) is 2.92. The van der Waals surface area contributed by atoms with Crippen LogP contribution < -0.4 is 15.4 Å². The van der Waals surface area contributed by atoms with Crippen LogP contribution in [0.1, 0.15) is 39.2 Å². The zero-order chi connectivity index (χ0) is 15.3. The Morgan fingerprint density at radius 1 is 1.14 bits per heavy atom. The molecular formula is C17H30IN3O. The first-order valence-electron chi connectivity index (χ1n) is 8.04. The van der Waals surface area contributed by atoms with Crippen LogP contribution in [0.4, 0.5) is 0 Å². The monoisotopic (exact) mass is 419 g/mol. The number of ether oxygens (including phenoxy) is 1. The average molecular weight is 419 g/mol. The van der Waals surface area contributed by atoms with E-state index in [4.69, 9.17) is 4.74 Å². The molecule has 0 spiro atoms. The Morgan fingerprint density at radius 3 is 2.64 bits per heavy atom. The smallest absolute Gasteiger partial charge is 0.191 e. The van der Waals surface area contributed by atoms with Crippen molar-refractivity contribution in [3.05, 3.63) is 29.8 Å². The molecule has 0 aliphatic heterocycles. The second-order valence-electron chi connectivity index (χ2n) is 4.93. The average Bonchev–Trinajstić information content (AvgIpc) is 2.51. The molecule has 0 fully saturated rings. The van der Waals surface area contributed by atoms with Gasteiger partial charge in [-0.15, -0.1) is 24.0 Å². The molecule has 0 bridgehead atoms. The largest absolute Gasteiger partial charge is 0.494 e. The fourth-order valence-electron chi connectivity index (χ4n) is 1.90. The van der Waals surface area contributed by atoms with E-state index in [9.17, 15) is 0 Å². The van der Waals surface area contributed by atoms with Crippen molar-refractivity contribution < 1.29 is 4.74 Å². The fourth-order valence-corrected chi connectivity index (χ4v) is 1.90. The van der Waals surface area contributed by atoms with E-state index in [-0.39, 0.29) is 24.0 Å². The number of nitrogens with one attached hydrogen (secondary N) is 2. The van der Waals surface area contributed by atoms with Crippen LogP contribution in [0.5, 0.6) is 5.75 Å². The Balaban J connectivity index is 0.00000441. The van der Waals surface area contributed by atoms with E-state index in [1.165, 1.54) is 5.56 Å². The van der Waals surface area contributed by atoms with Gasteiger partial charge >= 0.3 is 0 Å². The van der Waals surface area contributed by atoms with Crippen LogP contribution in [0, 0.1) is 0 Å². The summed E-state index contributed by atoms with van der Waals surface area (Å²) in [4.78, 5) is 4.49. The van der Waals surface area contributed by atoms with Gasteiger partial charge in [0.15, 0.2) is 5.96 Å². The van der Waals surface area contributed by atoms with Crippen molar-refractivity contribution >= 4 is 29.9 Å². The molecule has 0 unspecified atom stereocenters. The van der Waals surface area contributed by atoms with Gasteiger partial charge in [-0.25, -0.2) is 0 Å². The molecule has 0 atom stereocenters. The van der Waals surface area contributed by atoms with Crippen LogP contribution in [0.2, 0.25) is 0 Å². The van der Waals surface area contributed by atoms with Crippen LogP contribution in [-0.4, -0.2) is 32.2 Å². The Bertz CT molecular complexity index is 424. The molecule has 0 aromatic heterocycles. The topological polar surface area (TPSA) is 45.7 Å². The number of rotatable bonds is 9. The molecule has 0 heterocycles. The first-order chi connectivity index (χ1) is 10.3. The number of guanidine groups is 1. The lowest BCUT2D eigenvalue weighted by molar-refractivity contribution is 0.317. The van der Waals surface area contributed by atoms with Gasteiger partial charge in [0.25, 0.3) is 0 Å². The molecule has 2 N–H and O–H groups in total. The van der Waals surface area contributed by atoms with E-state index < -0.39 is 0 Å². The van der Waals surface area contributed by atoms with Crippen molar-refractivity contribution in [2.45, 2.75) is 40.0 Å². The zero-order valence-electron chi connectivity index (χ0n) is 14.0. The van der Waals surface area contributed by atoms with Gasteiger partial charge in [-0.2, -0.15) is 0 Å². The summed E-state index contributed by atoms with van der Waals surface area (Å²) >= 11 is 0. The first-order valence-corrected chi connectivity index (χ1v) is 8.04. The van der Waals surface area contributed by atoms with Crippen LogP contribution in [0.15, 0.2) is 29.3 Å². The normalized spacial score (nSPS) is 10.8. The van der Waals surface area contributed by atoms with E-state index in [0.717, 1.165) is 57.2 Å². The number of halogens is 1. The fraction of sp³-hybridized carbons (Fsp3) is 0.588. The molecule has 0 saturated heterocycles. The Hall–Kier alpha value is -0.980. The maximum Gasteiger partial charge on any atom is 0.191 e. The Labute approximate surface area is 152 Å². The van der Waals surface area contributed by atoms with Gasteiger partial charge in [0, 0.05) is 19.6 Å². The van der Waals surface area contributed by atoms with Gasteiger partial charge in [-0.3, -0.25) is 4.99 Å². The van der Waals surface area contributed by atoms with Crippen molar-refractivity contribution in [1.82, 2.24) is 10.6 Å². The summed E-state index contributed by atoms with van der Waals surface area (Å²) < 4.78 is 5.66. The summed E-state index contributed by atoms with van der Waals surface area (Å²) in [5, 5.41) is 6.62. The van der Waals surface area contributed by atoms with E-state index in [1.54, 1.807) is 0 Å². The number of nitrogens with zero attached hydrogens (tertiary/aromatic N) is 1. The highest BCUT2D eigenvalue weighted by atomic mass is 127. The van der Waals surface area contributed by atoms with Crippen molar-refractivity contribution in [3.8, 4) is 5.75 Å². The second-order valence-corrected chi connectivity index (χ2v) is 4.93. The highest BCUT2D eigenvalue weighted by Gasteiger charge is 1.99. The lowest BCUT2D eigenvalue weighted by Crippen LogP contribution is -2.38. The molecule has 0 aliphatic rings. The highest BCUT2D eigenvalue weighted by molar-refractivity contribution is 14.0. The molecule has 22 heavy (non-hydrogen) atoms. The molecule has 0 aliphatic carbocycles. The molecule has 0 radical (unpaired) electrons. The molecule has 1 aromatic rings. The summed E-state index contributed by atoms with van der Waals surface area (Å²) in [6.07, 6.45) is 3.05. The predicted molar refractivity (Wildman–Crippen MR) is 106 cm³/mol. The standard InChI is InChI=1S/C17H29N3O.HI/c1-4-11-19-17(18-6-3)20-12-10-15-8-7-9-16(14-15)21-13-5-2;/h7-9,14H,4-6,10-13H2,1-3H3,(H2,18,19,20);1H. The summed E-state index contributed by atoms with van der Waals surface area (Å²) in [6, 6.07) is 8.32. The minimum absolute atomic E-state index is 0. The lowest BCUT2D eigenvalue weighted by atomic mass is 10.1. The minimum atomic E-state index is 0. The molecular weight excluding hydrogens is 389 g/mol. The number of hydrogen-bond donors (Lipinski definition) is 2. The van der Waals surface area contributed by atoms with Crippen molar-refractivity contribution in [1.29, 1.82) is 0 Å². The van der Waals surface area contributed by atoms with Crippen molar-refractivity contribution in [3.63, 3.8) is 0 Å². The molecule has 4 nitrogen and oxygen atoms in total. The maximum atomic E-state index is 5.66. The predicted octanol–water partition coefficient (Wildman–Crippen LogP) is 3.60. The molecule has 1 aromatic carbocycles. The van der Waals surface area contributed by atoms with E-state index in [1.807, 2.05) is 6.07 Å². The number of aliphatic imine (C=N–C) groups is 1. The van der Waals surface area contributed by atoms with Gasteiger partial charge in [0.1, 0.15) is 5.75 Å². The third-order valence-corrected chi connectivity index (χ3v) is 2.92. The van der Waals surface area contributed by atoms with Crippen molar-refractivity contribution in [2.24, 2.45) is 4.99 Å². The minimum Gasteiger partial charge on any atom is -0.494 e. The summed E-state index contributed by atoms with van der Waals surface area (Å²) in [5.41, 5.74) is 1.28. The first kappa shape index (κ1) is 21.0. The van der Waals surface area contributed by atoms with Gasteiger partial charge in [-0.1, -0.05) is 26.0 Å². The molecule has 0 saturated carbocycles. The molecule has 1 rings (SSSR count). The Morgan fingerprint density at radius 2 is 1.95 bits per heavy atom. The summed E-state index contributed by atoms with van der Waals surface area (Å²) in [5.74, 6) is 1.86. The second kappa shape index (κ2) is 13.7. The van der Waals surface area contributed by atoms with Crippen LogP contribution in [0.3, 0.4) is 0 Å². The maximum absolute atomic E-state index is 5.66. The Kier molecular flexibility index (Phi) is 13.1. The third kappa shape index (κ3) is 9.12. The number of hydrogen-bond acceptors (Lipinski definition) is 2. The quantitative estimate of drug-likeness (QED) is 0.365. The van der Waals surface area contributed by atoms with Crippen molar-refractivity contribution in [2.75, 3.05) is 26.2 Å². The van der Waals surface area contributed by atoms with Gasteiger partial charge in [0.2, 0.25) is 0 Å².